The number of hydrogen-bond acceptors (Lipinski definition) is 4. The van der Waals surface area contributed by atoms with Crippen molar-refractivity contribution in [3.05, 3.63) is 0 Å². The van der Waals surface area contributed by atoms with Crippen LogP contribution in [-0.2, 0) is 4.74 Å². The molecule has 0 unspecified atom stereocenters. The summed E-state index contributed by atoms with van der Waals surface area (Å²) >= 11 is 0. The van der Waals surface area contributed by atoms with Crippen molar-refractivity contribution >= 4 is 29.9 Å². The molecule has 3 fully saturated rings. The van der Waals surface area contributed by atoms with Gasteiger partial charge in [0.1, 0.15) is 0 Å². The van der Waals surface area contributed by atoms with Crippen molar-refractivity contribution in [3.8, 4) is 0 Å². The number of nitrogens with zero attached hydrogens (tertiary/aromatic N) is 3. The number of hydrogen-bond donors (Lipinski definition) is 2. The summed E-state index contributed by atoms with van der Waals surface area (Å²) in [6.07, 6.45) is 7.25. The lowest BCUT2D eigenvalue weighted by atomic mass is 9.73. The van der Waals surface area contributed by atoms with E-state index in [1.165, 1.54) is 32.1 Å². The molecule has 0 aromatic heterocycles. The minimum absolute atomic E-state index is 0. The highest BCUT2D eigenvalue weighted by Gasteiger charge is 2.35. The van der Waals surface area contributed by atoms with E-state index in [1.54, 1.807) is 0 Å². The zero-order valence-corrected chi connectivity index (χ0v) is 18.6. The summed E-state index contributed by atoms with van der Waals surface area (Å²) < 4.78 is 5.52. The van der Waals surface area contributed by atoms with Crippen molar-refractivity contribution in [1.82, 2.24) is 15.1 Å². The minimum atomic E-state index is -0.208. The van der Waals surface area contributed by atoms with E-state index >= 15 is 0 Å². The smallest absolute Gasteiger partial charge is 0.194 e. The molecule has 0 aromatic carbocycles. The third kappa shape index (κ3) is 6.21. The minimum Gasteiger partial charge on any atom is -0.391 e. The predicted molar refractivity (Wildman–Crippen MR) is 116 cm³/mol. The van der Waals surface area contributed by atoms with E-state index in [-0.39, 0.29) is 30.1 Å². The van der Waals surface area contributed by atoms with Gasteiger partial charge in [0, 0.05) is 51.2 Å². The van der Waals surface area contributed by atoms with Gasteiger partial charge < -0.3 is 20.1 Å². The molecular formula is C19H37IN4O2. The number of β-amino-alcohol motifs (C(OH)–C–C–N with tert-alkyl or cyclic N) is 1. The van der Waals surface area contributed by atoms with Gasteiger partial charge in [-0.15, -0.1) is 24.0 Å². The third-order valence-corrected chi connectivity index (χ3v) is 5.94. The van der Waals surface area contributed by atoms with E-state index in [2.05, 4.69) is 22.0 Å². The lowest BCUT2D eigenvalue weighted by Gasteiger charge is -2.41. The molecule has 7 heteroatoms. The van der Waals surface area contributed by atoms with Crippen molar-refractivity contribution < 1.29 is 9.84 Å². The number of guanidine groups is 1. The Hall–Kier alpha value is -0.120. The first-order valence-corrected chi connectivity index (χ1v) is 10.2. The van der Waals surface area contributed by atoms with Crippen molar-refractivity contribution in [2.75, 3.05) is 59.0 Å². The van der Waals surface area contributed by atoms with E-state index in [0.29, 0.717) is 12.0 Å². The van der Waals surface area contributed by atoms with E-state index in [9.17, 15) is 5.11 Å². The van der Waals surface area contributed by atoms with Gasteiger partial charge in [-0.2, -0.15) is 0 Å². The van der Waals surface area contributed by atoms with Crippen LogP contribution in [0.15, 0.2) is 4.99 Å². The summed E-state index contributed by atoms with van der Waals surface area (Å²) in [5.41, 5.74) is 0.314. The van der Waals surface area contributed by atoms with E-state index in [0.717, 1.165) is 64.9 Å². The lowest BCUT2D eigenvalue weighted by Crippen LogP contribution is -2.47. The van der Waals surface area contributed by atoms with Gasteiger partial charge in [0.05, 0.1) is 19.3 Å². The number of aliphatic hydroxyl groups is 1. The number of morpholine rings is 1. The maximum absolute atomic E-state index is 9.86. The number of likely N-dealkylation sites (tertiary alicyclic amines) is 1. The molecular weight excluding hydrogens is 443 g/mol. The zero-order valence-electron chi connectivity index (χ0n) is 16.3. The van der Waals surface area contributed by atoms with Crippen LogP contribution in [0.4, 0.5) is 0 Å². The van der Waals surface area contributed by atoms with Gasteiger partial charge in [0.2, 0.25) is 0 Å². The second kappa shape index (κ2) is 11.0. The van der Waals surface area contributed by atoms with E-state index in [1.807, 2.05) is 0 Å². The fraction of sp³-hybridized carbons (Fsp3) is 0.947. The van der Waals surface area contributed by atoms with Gasteiger partial charge in [-0.3, -0.25) is 9.89 Å². The second-order valence-electron chi connectivity index (χ2n) is 8.01. The number of nitrogens with one attached hydrogen (secondary N) is 1. The fourth-order valence-corrected chi connectivity index (χ4v) is 4.50. The van der Waals surface area contributed by atoms with Crippen LogP contribution < -0.4 is 5.32 Å². The zero-order chi connectivity index (χ0) is 17.5. The Morgan fingerprint density at radius 1 is 1.19 bits per heavy atom. The normalized spacial score (nSPS) is 27.2. The molecule has 0 spiro atoms. The molecule has 2 N–H and O–H groups in total. The number of ether oxygens (including phenoxy) is 1. The summed E-state index contributed by atoms with van der Waals surface area (Å²) in [5, 5.41) is 13.3. The number of aliphatic imine (C=N–C) groups is 1. The molecule has 3 rings (SSSR count). The van der Waals surface area contributed by atoms with Crippen molar-refractivity contribution in [2.24, 2.45) is 10.4 Å². The fourth-order valence-electron chi connectivity index (χ4n) is 4.50. The van der Waals surface area contributed by atoms with Gasteiger partial charge in [0.25, 0.3) is 0 Å². The van der Waals surface area contributed by atoms with Crippen molar-refractivity contribution in [2.45, 2.75) is 51.6 Å². The van der Waals surface area contributed by atoms with E-state index < -0.39 is 0 Å². The first kappa shape index (κ1) is 22.2. The summed E-state index contributed by atoms with van der Waals surface area (Å²) in [4.78, 5) is 9.86. The number of aliphatic hydroxyl groups excluding tert-OH is 1. The van der Waals surface area contributed by atoms with Crippen LogP contribution in [0.25, 0.3) is 0 Å². The average molecular weight is 480 g/mol. The lowest BCUT2D eigenvalue weighted by molar-refractivity contribution is 0.00933. The molecule has 0 bridgehead atoms. The molecule has 2 aliphatic heterocycles. The van der Waals surface area contributed by atoms with Crippen LogP contribution in [0, 0.1) is 5.41 Å². The number of rotatable bonds is 5. The van der Waals surface area contributed by atoms with E-state index in [4.69, 9.17) is 9.73 Å². The van der Waals surface area contributed by atoms with Gasteiger partial charge in [-0.25, -0.2) is 0 Å². The Morgan fingerprint density at radius 3 is 2.54 bits per heavy atom. The molecule has 2 saturated heterocycles. The third-order valence-electron chi connectivity index (χ3n) is 5.94. The Labute approximate surface area is 175 Å². The monoisotopic (exact) mass is 480 g/mol. The Morgan fingerprint density at radius 2 is 1.92 bits per heavy atom. The van der Waals surface area contributed by atoms with Crippen LogP contribution >= 0.6 is 24.0 Å². The highest BCUT2D eigenvalue weighted by atomic mass is 127. The molecule has 3 aliphatic rings. The molecule has 152 valence electrons. The molecule has 0 aromatic rings. The molecule has 0 amide bonds. The summed E-state index contributed by atoms with van der Waals surface area (Å²) in [5.74, 6) is 0.992. The van der Waals surface area contributed by atoms with Crippen LogP contribution in [-0.4, -0.2) is 86.0 Å². The Kier molecular flexibility index (Phi) is 9.40. The Bertz CT molecular complexity index is 437. The largest absolute Gasteiger partial charge is 0.391 e. The van der Waals surface area contributed by atoms with Gasteiger partial charge in [-0.05, 0) is 26.2 Å². The van der Waals surface area contributed by atoms with Gasteiger partial charge in [0.15, 0.2) is 5.96 Å². The topological polar surface area (TPSA) is 60.3 Å². The van der Waals surface area contributed by atoms with Crippen molar-refractivity contribution in [3.63, 3.8) is 0 Å². The quantitative estimate of drug-likeness (QED) is 0.358. The summed E-state index contributed by atoms with van der Waals surface area (Å²) in [6.45, 7) is 10.5. The van der Waals surface area contributed by atoms with Crippen molar-refractivity contribution in [1.29, 1.82) is 0 Å². The highest BCUT2D eigenvalue weighted by molar-refractivity contribution is 14.0. The first-order valence-electron chi connectivity index (χ1n) is 10.2. The molecule has 1 atom stereocenters. The SMILES string of the molecule is CCNC(=NCC1(CN2CCOCC2)CCCCC1)N1CC[C@@H](O)C1.I. The average Bonchev–Trinajstić information content (AvgIpc) is 3.06. The maximum atomic E-state index is 9.86. The highest BCUT2D eigenvalue weighted by Crippen LogP contribution is 2.37. The summed E-state index contributed by atoms with van der Waals surface area (Å²) in [6, 6.07) is 0. The predicted octanol–water partition coefficient (Wildman–Crippen LogP) is 1.92. The standard InChI is InChI=1S/C19H36N4O2.HI/c1-2-20-18(23-9-6-17(24)14-23)21-15-19(7-4-3-5-8-19)16-22-10-12-25-13-11-22;/h17,24H,2-16H2,1H3,(H,20,21);1H/t17-;/m1./s1. The van der Waals surface area contributed by atoms with Gasteiger partial charge >= 0.3 is 0 Å². The number of halogens is 1. The van der Waals surface area contributed by atoms with Crippen LogP contribution in [0.3, 0.4) is 0 Å². The Balaban J connectivity index is 0.00000243. The van der Waals surface area contributed by atoms with Gasteiger partial charge in [-0.1, -0.05) is 19.3 Å². The first-order chi connectivity index (χ1) is 12.2. The van der Waals surface area contributed by atoms with Crippen LogP contribution in [0.2, 0.25) is 0 Å². The maximum Gasteiger partial charge on any atom is 0.194 e. The van der Waals surface area contributed by atoms with Crippen LogP contribution in [0.5, 0.6) is 0 Å². The second-order valence-corrected chi connectivity index (χ2v) is 8.01. The molecule has 2 heterocycles. The molecule has 6 nitrogen and oxygen atoms in total. The molecule has 26 heavy (non-hydrogen) atoms. The molecule has 1 aliphatic carbocycles. The molecule has 1 saturated carbocycles. The summed E-state index contributed by atoms with van der Waals surface area (Å²) in [7, 11) is 0. The molecule has 0 radical (unpaired) electrons. The van der Waals surface area contributed by atoms with Crippen LogP contribution in [0.1, 0.15) is 45.4 Å².